The molecule has 0 atom stereocenters. The molecule has 0 aliphatic rings. The summed E-state index contributed by atoms with van der Waals surface area (Å²) in [7, 11) is -3.32. The van der Waals surface area contributed by atoms with E-state index in [4.69, 9.17) is 4.74 Å². The standard InChI is InChI=1S/C17H25N3O3S/c1-15(2)17-18-10-12-20(17)11-6-9-19-24(21,22)14-13-23-16-7-4-3-5-8-16/h3-5,7-8,10,12,15,19H,6,9,11,13-14H2,1-2H3. The number of hydrogen-bond donors (Lipinski definition) is 1. The van der Waals surface area contributed by atoms with E-state index in [1.54, 1.807) is 18.3 Å². The number of imidazole rings is 1. The van der Waals surface area contributed by atoms with Crippen molar-refractivity contribution in [3.05, 3.63) is 48.5 Å². The number of aryl methyl sites for hydroxylation is 1. The molecule has 0 bridgehead atoms. The van der Waals surface area contributed by atoms with Crippen LogP contribution in [0.15, 0.2) is 42.7 Å². The fraction of sp³-hybridized carbons (Fsp3) is 0.471. The summed E-state index contributed by atoms with van der Waals surface area (Å²) in [5.74, 6) is 2.00. The maximum atomic E-state index is 11.9. The second-order valence-corrected chi connectivity index (χ2v) is 7.79. The Labute approximate surface area is 143 Å². The minimum atomic E-state index is -3.32. The first-order valence-corrected chi connectivity index (χ1v) is 9.79. The highest BCUT2D eigenvalue weighted by molar-refractivity contribution is 7.89. The molecular weight excluding hydrogens is 326 g/mol. The molecule has 2 rings (SSSR count). The lowest BCUT2D eigenvalue weighted by molar-refractivity contribution is 0.340. The molecule has 6 nitrogen and oxygen atoms in total. The second kappa shape index (κ2) is 8.84. The van der Waals surface area contributed by atoms with Gasteiger partial charge in [-0.1, -0.05) is 32.0 Å². The highest BCUT2D eigenvalue weighted by atomic mass is 32.2. The number of sulfonamides is 1. The van der Waals surface area contributed by atoms with Crippen LogP contribution in [-0.2, 0) is 16.6 Å². The van der Waals surface area contributed by atoms with Gasteiger partial charge in [0.05, 0.1) is 5.75 Å². The molecular formula is C17H25N3O3S. The third-order valence-corrected chi connectivity index (χ3v) is 4.87. The average molecular weight is 351 g/mol. The number of hydrogen-bond acceptors (Lipinski definition) is 4. The molecule has 0 fully saturated rings. The molecule has 0 amide bonds. The minimum Gasteiger partial charge on any atom is -0.492 e. The van der Waals surface area contributed by atoms with Crippen LogP contribution < -0.4 is 9.46 Å². The zero-order valence-corrected chi connectivity index (χ0v) is 15.0. The van der Waals surface area contributed by atoms with E-state index in [0.717, 1.165) is 18.8 Å². The van der Waals surface area contributed by atoms with Crippen molar-refractivity contribution in [3.8, 4) is 5.75 Å². The maximum absolute atomic E-state index is 11.9. The molecule has 1 N–H and O–H groups in total. The van der Waals surface area contributed by atoms with Crippen LogP contribution in [0.25, 0.3) is 0 Å². The van der Waals surface area contributed by atoms with E-state index >= 15 is 0 Å². The SMILES string of the molecule is CC(C)c1nccn1CCCNS(=O)(=O)CCOc1ccccc1. The Balaban J connectivity index is 1.68. The van der Waals surface area contributed by atoms with Gasteiger partial charge < -0.3 is 9.30 Å². The van der Waals surface area contributed by atoms with Gasteiger partial charge in [0.25, 0.3) is 0 Å². The van der Waals surface area contributed by atoms with Crippen LogP contribution in [0.2, 0.25) is 0 Å². The molecule has 7 heteroatoms. The van der Waals surface area contributed by atoms with Crippen molar-refractivity contribution in [1.82, 2.24) is 14.3 Å². The molecule has 0 unspecified atom stereocenters. The smallest absolute Gasteiger partial charge is 0.214 e. The van der Waals surface area contributed by atoms with E-state index in [2.05, 4.69) is 28.1 Å². The summed E-state index contributed by atoms with van der Waals surface area (Å²) in [5, 5.41) is 0. The van der Waals surface area contributed by atoms with Gasteiger partial charge in [-0.05, 0) is 18.6 Å². The normalized spacial score (nSPS) is 11.8. The van der Waals surface area contributed by atoms with Crippen molar-refractivity contribution < 1.29 is 13.2 Å². The van der Waals surface area contributed by atoms with Crippen LogP contribution in [0.4, 0.5) is 0 Å². The lowest BCUT2D eigenvalue weighted by Gasteiger charge is -2.11. The van der Waals surface area contributed by atoms with Gasteiger partial charge >= 0.3 is 0 Å². The van der Waals surface area contributed by atoms with Crippen LogP contribution >= 0.6 is 0 Å². The van der Waals surface area contributed by atoms with Crippen LogP contribution in [-0.4, -0.2) is 36.9 Å². The summed E-state index contributed by atoms with van der Waals surface area (Å²) in [5.41, 5.74) is 0. The highest BCUT2D eigenvalue weighted by Crippen LogP contribution is 2.12. The number of rotatable bonds is 10. The summed E-state index contributed by atoms with van der Waals surface area (Å²) in [6, 6.07) is 9.19. The molecule has 24 heavy (non-hydrogen) atoms. The maximum Gasteiger partial charge on any atom is 0.214 e. The van der Waals surface area contributed by atoms with Gasteiger partial charge in [0.2, 0.25) is 10.0 Å². The quantitative estimate of drug-likeness (QED) is 0.667. The average Bonchev–Trinajstić information content (AvgIpc) is 3.01. The van der Waals surface area contributed by atoms with E-state index in [9.17, 15) is 8.42 Å². The van der Waals surface area contributed by atoms with Crippen LogP contribution in [0, 0.1) is 0 Å². The van der Waals surface area contributed by atoms with Crippen molar-refractivity contribution in [3.63, 3.8) is 0 Å². The summed E-state index contributed by atoms with van der Waals surface area (Å²) in [6.45, 7) is 5.47. The van der Waals surface area contributed by atoms with Crippen LogP contribution in [0.1, 0.15) is 32.0 Å². The zero-order valence-electron chi connectivity index (χ0n) is 14.2. The Bertz CT molecular complexity index is 712. The third-order valence-electron chi connectivity index (χ3n) is 3.53. The number of benzene rings is 1. The highest BCUT2D eigenvalue weighted by Gasteiger charge is 2.11. The number of aromatic nitrogens is 2. The van der Waals surface area contributed by atoms with Crippen molar-refractivity contribution >= 4 is 10.0 Å². The molecule has 0 saturated carbocycles. The minimum absolute atomic E-state index is 0.0514. The molecule has 0 radical (unpaired) electrons. The van der Waals surface area contributed by atoms with Gasteiger partial charge in [0.1, 0.15) is 18.2 Å². The van der Waals surface area contributed by atoms with Crippen LogP contribution in [0.3, 0.4) is 0 Å². The lowest BCUT2D eigenvalue weighted by atomic mass is 10.2. The Hall–Kier alpha value is -1.86. The molecule has 1 heterocycles. The predicted octanol–water partition coefficient (Wildman–Crippen LogP) is 2.40. The van der Waals surface area contributed by atoms with Gasteiger partial charge in [0, 0.05) is 31.4 Å². The fourth-order valence-electron chi connectivity index (χ4n) is 2.35. The number of ether oxygens (including phenoxy) is 1. The predicted molar refractivity (Wildman–Crippen MR) is 94.7 cm³/mol. The monoisotopic (exact) mass is 351 g/mol. The number of nitrogens with one attached hydrogen (secondary N) is 1. The van der Waals surface area contributed by atoms with Crippen LogP contribution in [0.5, 0.6) is 5.75 Å². The molecule has 0 saturated heterocycles. The summed E-state index contributed by atoms with van der Waals surface area (Å²) >= 11 is 0. The first-order valence-electron chi connectivity index (χ1n) is 8.14. The Morgan fingerprint density at radius 2 is 2.00 bits per heavy atom. The molecule has 1 aromatic carbocycles. The van der Waals surface area contributed by atoms with Gasteiger partial charge in [-0.15, -0.1) is 0 Å². The lowest BCUT2D eigenvalue weighted by Crippen LogP contribution is -2.30. The summed E-state index contributed by atoms with van der Waals surface area (Å²) in [6.07, 6.45) is 4.42. The fourth-order valence-corrected chi connectivity index (χ4v) is 3.25. The van der Waals surface area contributed by atoms with E-state index in [1.165, 1.54) is 0 Å². The number of nitrogens with zero attached hydrogens (tertiary/aromatic N) is 2. The third kappa shape index (κ3) is 5.98. The molecule has 1 aromatic heterocycles. The van der Waals surface area contributed by atoms with Gasteiger partial charge in [-0.2, -0.15) is 0 Å². The summed E-state index contributed by atoms with van der Waals surface area (Å²) < 4.78 is 34.0. The Morgan fingerprint density at radius 1 is 1.25 bits per heavy atom. The number of para-hydroxylation sites is 1. The largest absolute Gasteiger partial charge is 0.492 e. The van der Waals surface area contributed by atoms with E-state index in [0.29, 0.717) is 18.2 Å². The first kappa shape index (κ1) is 18.5. The first-order chi connectivity index (χ1) is 11.5. The van der Waals surface area contributed by atoms with Gasteiger partial charge in [-0.3, -0.25) is 0 Å². The van der Waals surface area contributed by atoms with Crippen molar-refractivity contribution in [1.29, 1.82) is 0 Å². The molecule has 2 aromatic rings. The Kier molecular flexibility index (Phi) is 6.81. The Morgan fingerprint density at radius 3 is 2.71 bits per heavy atom. The molecule has 132 valence electrons. The van der Waals surface area contributed by atoms with Crippen molar-refractivity contribution in [2.45, 2.75) is 32.7 Å². The topological polar surface area (TPSA) is 73.2 Å². The van der Waals surface area contributed by atoms with Gasteiger partial charge in [0.15, 0.2) is 0 Å². The molecule has 0 aliphatic heterocycles. The van der Waals surface area contributed by atoms with E-state index in [1.807, 2.05) is 24.4 Å². The van der Waals surface area contributed by atoms with Crippen molar-refractivity contribution in [2.75, 3.05) is 18.9 Å². The molecule has 0 aliphatic carbocycles. The second-order valence-electron chi connectivity index (χ2n) is 5.86. The zero-order chi connectivity index (χ0) is 17.4. The summed E-state index contributed by atoms with van der Waals surface area (Å²) in [4.78, 5) is 4.32. The van der Waals surface area contributed by atoms with Gasteiger partial charge in [-0.25, -0.2) is 18.1 Å². The van der Waals surface area contributed by atoms with Crippen molar-refractivity contribution in [2.24, 2.45) is 0 Å². The van der Waals surface area contributed by atoms with E-state index in [-0.39, 0.29) is 12.4 Å². The van der Waals surface area contributed by atoms with E-state index < -0.39 is 10.0 Å². The molecule has 0 spiro atoms.